The van der Waals surface area contributed by atoms with E-state index >= 15 is 0 Å². The van der Waals surface area contributed by atoms with Crippen molar-refractivity contribution < 1.29 is 9.53 Å². The number of carbonyl (C=O) groups is 1. The number of ether oxygens (including phenoxy) is 1. The zero-order valence-electron chi connectivity index (χ0n) is 12.3. The van der Waals surface area contributed by atoms with E-state index in [4.69, 9.17) is 4.74 Å². The lowest BCUT2D eigenvalue weighted by Gasteiger charge is -2.28. The van der Waals surface area contributed by atoms with Gasteiger partial charge in [-0.15, -0.1) is 0 Å². The first kappa shape index (κ1) is 14.8. The molecule has 2 fully saturated rings. The molecule has 3 heteroatoms. The Kier molecular flexibility index (Phi) is 6.15. The van der Waals surface area contributed by atoms with Crippen molar-refractivity contribution in [2.24, 2.45) is 5.92 Å². The minimum Gasteiger partial charge on any atom is -0.462 e. The Morgan fingerprint density at radius 3 is 2.84 bits per heavy atom. The highest BCUT2D eigenvalue weighted by Gasteiger charge is 2.24. The number of piperidine rings is 1. The number of esters is 1. The van der Waals surface area contributed by atoms with Crippen molar-refractivity contribution in [3.05, 3.63) is 0 Å². The van der Waals surface area contributed by atoms with Crippen LogP contribution in [0.2, 0.25) is 0 Å². The molecular formula is C16H29NO2. The molecule has 19 heavy (non-hydrogen) atoms. The molecule has 0 spiro atoms. The molecule has 0 bridgehead atoms. The second-order valence-corrected chi connectivity index (χ2v) is 6.24. The van der Waals surface area contributed by atoms with Gasteiger partial charge in [0.05, 0.1) is 0 Å². The maximum atomic E-state index is 11.9. The molecule has 0 aromatic carbocycles. The molecule has 2 rings (SSSR count). The van der Waals surface area contributed by atoms with Gasteiger partial charge in [0.1, 0.15) is 6.10 Å². The van der Waals surface area contributed by atoms with Crippen LogP contribution in [0, 0.1) is 5.92 Å². The van der Waals surface area contributed by atoms with Gasteiger partial charge in [0.25, 0.3) is 0 Å². The predicted octanol–water partition coefficient (Wildman–Crippen LogP) is 3.42. The summed E-state index contributed by atoms with van der Waals surface area (Å²) in [4.78, 5) is 11.9. The van der Waals surface area contributed by atoms with Crippen molar-refractivity contribution in [1.29, 1.82) is 0 Å². The minimum atomic E-state index is 0.0223. The van der Waals surface area contributed by atoms with Crippen LogP contribution in [0.1, 0.15) is 71.1 Å². The number of hydrogen-bond donors (Lipinski definition) is 1. The summed E-state index contributed by atoms with van der Waals surface area (Å²) in [5.41, 5.74) is 0. The molecular weight excluding hydrogens is 238 g/mol. The van der Waals surface area contributed by atoms with E-state index in [0.29, 0.717) is 12.5 Å². The molecule has 1 N–H and O–H groups in total. The number of nitrogens with one attached hydrogen (secondary N) is 1. The Bertz CT molecular complexity index is 274. The third kappa shape index (κ3) is 5.13. The molecule has 1 aliphatic heterocycles. The fourth-order valence-corrected chi connectivity index (χ4v) is 3.43. The van der Waals surface area contributed by atoms with Gasteiger partial charge in [-0.1, -0.05) is 26.2 Å². The third-order valence-corrected chi connectivity index (χ3v) is 4.72. The summed E-state index contributed by atoms with van der Waals surface area (Å²) in [7, 11) is 0. The monoisotopic (exact) mass is 267 g/mol. The fourth-order valence-electron chi connectivity index (χ4n) is 3.43. The summed E-state index contributed by atoms with van der Waals surface area (Å²) < 4.78 is 5.65. The number of carbonyl (C=O) groups excluding carboxylic acids is 1. The van der Waals surface area contributed by atoms with E-state index in [0.717, 1.165) is 31.7 Å². The normalized spacial score (nSPS) is 31.9. The van der Waals surface area contributed by atoms with Crippen LogP contribution in [0.15, 0.2) is 0 Å². The average Bonchev–Trinajstić information content (AvgIpc) is 2.46. The summed E-state index contributed by atoms with van der Waals surface area (Å²) in [5, 5.41) is 3.49. The van der Waals surface area contributed by atoms with Crippen LogP contribution in [0.25, 0.3) is 0 Å². The van der Waals surface area contributed by atoms with Crippen LogP contribution in [0.3, 0.4) is 0 Å². The SMILES string of the molecule is CCC1CCCC(OC(=O)CCC2CCCCN2)C1. The topological polar surface area (TPSA) is 38.3 Å². The van der Waals surface area contributed by atoms with Gasteiger partial charge >= 0.3 is 5.97 Å². The van der Waals surface area contributed by atoms with Crippen molar-refractivity contribution in [3.8, 4) is 0 Å². The van der Waals surface area contributed by atoms with Gasteiger partial charge in [-0.25, -0.2) is 0 Å². The second-order valence-electron chi connectivity index (χ2n) is 6.24. The van der Waals surface area contributed by atoms with Gasteiger partial charge in [0.15, 0.2) is 0 Å². The fraction of sp³-hybridized carbons (Fsp3) is 0.938. The Morgan fingerprint density at radius 1 is 1.21 bits per heavy atom. The van der Waals surface area contributed by atoms with Crippen molar-refractivity contribution >= 4 is 5.97 Å². The molecule has 1 saturated heterocycles. The first-order valence-corrected chi connectivity index (χ1v) is 8.20. The first-order chi connectivity index (χ1) is 9.28. The average molecular weight is 267 g/mol. The Morgan fingerprint density at radius 2 is 2.11 bits per heavy atom. The van der Waals surface area contributed by atoms with Gasteiger partial charge in [-0.3, -0.25) is 4.79 Å². The number of rotatable bonds is 5. The molecule has 3 nitrogen and oxygen atoms in total. The molecule has 2 aliphatic rings. The van der Waals surface area contributed by atoms with Gasteiger partial charge in [-0.2, -0.15) is 0 Å². The lowest BCUT2D eigenvalue weighted by atomic mass is 9.85. The largest absolute Gasteiger partial charge is 0.462 e. The van der Waals surface area contributed by atoms with E-state index < -0.39 is 0 Å². The van der Waals surface area contributed by atoms with E-state index in [1.54, 1.807) is 0 Å². The first-order valence-electron chi connectivity index (χ1n) is 8.20. The van der Waals surface area contributed by atoms with E-state index in [1.807, 2.05) is 0 Å². The van der Waals surface area contributed by atoms with E-state index in [-0.39, 0.29) is 12.1 Å². The predicted molar refractivity (Wildman–Crippen MR) is 77.0 cm³/mol. The Labute approximate surface area is 117 Å². The van der Waals surface area contributed by atoms with Crippen LogP contribution in [-0.2, 0) is 9.53 Å². The van der Waals surface area contributed by atoms with Crippen molar-refractivity contribution in [1.82, 2.24) is 5.32 Å². The highest BCUT2D eigenvalue weighted by atomic mass is 16.5. The molecule has 0 amide bonds. The van der Waals surface area contributed by atoms with Gasteiger partial charge < -0.3 is 10.1 Å². The molecule has 0 aromatic rings. The van der Waals surface area contributed by atoms with Crippen LogP contribution in [0.5, 0.6) is 0 Å². The van der Waals surface area contributed by atoms with E-state index in [9.17, 15) is 4.79 Å². The molecule has 3 unspecified atom stereocenters. The molecule has 0 radical (unpaired) electrons. The molecule has 1 saturated carbocycles. The van der Waals surface area contributed by atoms with Gasteiger partial charge in [-0.05, 0) is 51.0 Å². The van der Waals surface area contributed by atoms with Crippen molar-refractivity contribution in [2.75, 3.05) is 6.54 Å². The van der Waals surface area contributed by atoms with Crippen LogP contribution < -0.4 is 5.32 Å². The summed E-state index contributed by atoms with van der Waals surface area (Å²) in [5.74, 6) is 0.792. The lowest BCUT2D eigenvalue weighted by Crippen LogP contribution is -2.34. The lowest BCUT2D eigenvalue weighted by molar-refractivity contribution is -0.151. The quantitative estimate of drug-likeness (QED) is 0.776. The van der Waals surface area contributed by atoms with Crippen LogP contribution in [0.4, 0.5) is 0 Å². The zero-order chi connectivity index (χ0) is 13.5. The van der Waals surface area contributed by atoms with Gasteiger partial charge in [0, 0.05) is 12.5 Å². The molecule has 1 heterocycles. The Hall–Kier alpha value is -0.570. The highest BCUT2D eigenvalue weighted by molar-refractivity contribution is 5.69. The number of hydrogen-bond acceptors (Lipinski definition) is 3. The second kappa shape index (κ2) is 7.88. The van der Waals surface area contributed by atoms with Crippen LogP contribution in [-0.4, -0.2) is 24.7 Å². The standard InChI is InChI=1S/C16H29NO2/c1-2-13-6-5-8-15(12-13)19-16(18)10-9-14-7-3-4-11-17-14/h13-15,17H,2-12H2,1H3. The van der Waals surface area contributed by atoms with Crippen LogP contribution >= 0.6 is 0 Å². The van der Waals surface area contributed by atoms with Crippen molar-refractivity contribution in [2.45, 2.75) is 83.3 Å². The van der Waals surface area contributed by atoms with Gasteiger partial charge in [0.2, 0.25) is 0 Å². The molecule has 0 aromatic heterocycles. The zero-order valence-corrected chi connectivity index (χ0v) is 12.3. The maximum absolute atomic E-state index is 11.9. The summed E-state index contributed by atoms with van der Waals surface area (Å²) in [6.07, 6.45) is 11.5. The van der Waals surface area contributed by atoms with Crippen molar-refractivity contribution in [3.63, 3.8) is 0 Å². The molecule has 3 atom stereocenters. The highest BCUT2D eigenvalue weighted by Crippen LogP contribution is 2.28. The van der Waals surface area contributed by atoms with E-state index in [1.165, 1.54) is 38.5 Å². The third-order valence-electron chi connectivity index (χ3n) is 4.72. The minimum absolute atomic E-state index is 0.0223. The summed E-state index contributed by atoms with van der Waals surface area (Å²) >= 11 is 0. The summed E-state index contributed by atoms with van der Waals surface area (Å²) in [6, 6.07) is 0.538. The summed E-state index contributed by atoms with van der Waals surface area (Å²) in [6.45, 7) is 3.35. The molecule has 110 valence electrons. The maximum Gasteiger partial charge on any atom is 0.306 e. The van der Waals surface area contributed by atoms with E-state index in [2.05, 4.69) is 12.2 Å². The Balaban J connectivity index is 1.63. The smallest absolute Gasteiger partial charge is 0.306 e. The molecule has 1 aliphatic carbocycles.